The van der Waals surface area contributed by atoms with Crippen molar-refractivity contribution in [3.8, 4) is 5.88 Å². The van der Waals surface area contributed by atoms with E-state index in [2.05, 4.69) is 10.3 Å². The zero-order chi connectivity index (χ0) is 11.0. The fraction of sp³-hybridized carbons (Fsp3) is 0.222. The zero-order valence-electron chi connectivity index (χ0n) is 7.85. The second-order valence-electron chi connectivity index (χ2n) is 3.05. The molecule has 0 aromatic carbocycles. The van der Waals surface area contributed by atoms with Crippen molar-refractivity contribution in [2.24, 2.45) is 0 Å². The lowest BCUT2D eigenvalue weighted by atomic mass is 10.1. The van der Waals surface area contributed by atoms with Crippen molar-refractivity contribution in [3.05, 3.63) is 17.8 Å². The molecule has 1 aromatic heterocycles. The Morgan fingerprint density at radius 3 is 2.93 bits per heavy atom. The summed E-state index contributed by atoms with van der Waals surface area (Å²) in [5, 5.41) is 11.3. The van der Waals surface area contributed by atoms with Crippen molar-refractivity contribution in [1.82, 2.24) is 4.98 Å². The molecule has 0 spiro atoms. The summed E-state index contributed by atoms with van der Waals surface area (Å²) < 4.78 is 4.86. The number of carbonyl (C=O) groups is 2. The van der Waals surface area contributed by atoms with E-state index in [9.17, 15) is 9.59 Å². The number of hydrogen-bond acceptors (Lipinski definition) is 4. The van der Waals surface area contributed by atoms with Gasteiger partial charge in [0, 0.05) is 6.07 Å². The summed E-state index contributed by atoms with van der Waals surface area (Å²) in [6.45, 7) is 0. The van der Waals surface area contributed by atoms with Gasteiger partial charge in [-0.05, 0) is 6.07 Å². The minimum absolute atomic E-state index is 0.201. The van der Waals surface area contributed by atoms with Gasteiger partial charge in [0.2, 0.25) is 11.8 Å². The first-order valence-corrected chi connectivity index (χ1v) is 4.22. The lowest BCUT2D eigenvalue weighted by Gasteiger charge is -2.03. The SMILES string of the molecule is COc1ccc2c(n1)[C@@H](C(=O)O)C(=O)N2. The number of nitrogens with zero attached hydrogens (tertiary/aromatic N) is 1. The van der Waals surface area contributed by atoms with Crippen LogP contribution in [0.5, 0.6) is 5.88 Å². The first-order chi connectivity index (χ1) is 7.13. The minimum Gasteiger partial charge on any atom is -0.481 e. The van der Waals surface area contributed by atoms with E-state index in [1.807, 2.05) is 0 Å². The smallest absolute Gasteiger partial charge is 0.322 e. The highest BCUT2D eigenvalue weighted by atomic mass is 16.5. The molecule has 1 aliphatic rings. The number of carboxylic acid groups (broad SMARTS) is 1. The van der Waals surface area contributed by atoms with Crippen LogP contribution < -0.4 is 10.1 Å². The molecule has 1 aromatic rings. The maximum absolute atomic E-state index is 11.3. The molecule has 78 valence electrons. The van der Waals surface area contributed by atoms with Gasteiger partial charge in [-0.25, -0.2) is 4.98 Å². The van der Waals surface area contributed by atoms with E-state index in [0.29, 0.717) is 5.69 Å². The van der Waals surface area contributed by atoms with Gasteiger partial charge in [-0.2, -0.15) is 0 Å². The highest BCUT2D eigenvalue weighted by Crippen LogP contribution is 2.32. The third kappa shape index (κ3) is 1.39. The van der Waals surface area contributed by atoms with Crippen LogP contribution >= 0.6 is 0 Å². The van der Waals surface area contributed by atoms with E-state index < -0.39 is 17.8 Å². The second-order valence-corrected chi connectivity index (χ2v) is 3.05. The third-order valence-corrected chi connectivity index (χ3v) is 2.15. The average Bonchev–Trinajstić information content (AvgIpc) is 2.52. The number of anilines is 1. The average molecular weight is 208 g/mol. The molecule has 0 saturated heterocycles. The molecule has 0 fully saturated rings. The van der Waals surface area contributed by atoms with E-state index in [1.165, 1.54) is 7.11 Å². The van der Waals surface area contributed by atoms with Crippen LogP contribution in [0.2, 0.25) is 0 Å². The van der Waals surface area contributed by atoms with E-state index in [4.69, 9.17) is 9.84 Å². The van der Waals surface area contributed by atoms with Crippen LogP contribution in [-0.2, 0) is 9.59 Å². The van der Waals surface area contributed by atoms with Gasteiger partial charge in [-0.1, -0.05) is 0 Å². The second kappa shape index (κ2) is 3.23. The Morgan fingerprint density at radius 1 is 1.60 bits per heavy atom. The van der Waals surface area contributed by atoms with Crippen LogP contribution in [0.3, 0.4) is 0 Å². The van der Waals surface area contributed by atoms with Gasteiger partial charge in [0.1, 0.15) is 0 Å². The van der Waals surface area contributed by atoms with Crippen molar-refractivity contribution >= 4 is 17.6 Å². The molecule has 0 aliphatic carbocycles. The van der Waals surface area contributed by atoms with Gasteiger partial charge in [0.05, 0.1) is 18.5 Å². The van der Waals surface area contributed by atoms with Gasteiger partial charge in [0.15, 0.2) is 5.92 Å². The van der Waals surface area contributed by atoms with Crippen LogP contribution in [-0.4, -0.2) is 29.1 Å². The van der Waals surface area contributed by atoms with Gasteiger partial charge in [0.25, 0.3) is 0 Å². The molecule has 2 N–H and O–H groups in total. The predicted molar refractivity (Wildman–Crippen MR) is 49.8 cm³/mol. The van der Waals surface area contributed by atoms with Crippen LogP contribution in [0.1, 0.15) is 11.6 Å². The maximum Gasteiger partial charge on any atom is 0.322 e. The summed E-state index contributed by atoms with van der Waals surface area (Å²) >= 11 is 0. The molecule has 0 saturated carbocycles. The fourth-order valence-electron chi connectivity index (χ4n) is 1.45. The lowest BCUT2D eigenvalue weighted by Crippen LogP contribution is -2.20. The first kappa shape index (κ1) is 9.45. The fourth-order valence-corrected chi connectivity index (χ4v) is 1.45. The Bertz CT molecular complexity index is 444. The van der Waals surface area contributed by atoms with Gasteiger partial charge >= 0.3 is 5.97 Å². The van der Waals surface area contributed by atoms with Crippen molar-refractivity contribution in [2.75, 3.05) is 12.4 Å². The molecule has 15 heavy (non-hydrogen) atoms. The van der Waals surface area contributed by atoms with Crippen LogP contribution in [0.4, 0.5) is 5.69 Å². The van der Waals surface area contributed by atoms with Crippen LogP contribution in [0.15, 0.2) is 12.1 Å². The topological polar surface area (TPSA) is 88.5 Å². The predicted octanol–water partition coefficient (Wildman–Crippen LogP) is 0.210. The number of amides is 1. The molecule has 0 radical (unpaired) electrons. The van der Waals surface area contributed by atoms with Crippen LogP contribution in [0.25, 0.3) is 0 Å². The van der Waals surface area contributed by atoms with E-state index >= 15 is 0 Å². The Labute approximate surface area is 84.9 Å². The highest BCUT2D eigenvalue weighted by Gasteiger charge is 2.38. The highest BCUT2D eigenvalue weighted by molar-refractivity contribution is 6.13. The number of aromatic nitrogens is 1. The minimum atomic E-state index is -1.24. The number of carbonyl (C=O) groups excluding carboxylic acids is 1. The van der Waals surface area contributed by atoms with Gasteiger partial charge < -0.3 is 15.2 Å². The molecule has 1 aliphatic heterocycles. The Morgan fingerprint density at radius 2 is 2.33 bits per heavy atom. The molecular formula is C9H8N2O4. The van der Waals surface area contributed by atoms with Crippen molar-refractivity contribution in [3.63, 3.8) is 0 Å². The molecule has 6 heteroatoms. The Balaban J connectivity index is 2.50. The molecular weight excluding hydrogens is 200 g/mol. The normalized spacial score (nSPS) is 18.2. The molecule has 1 amide bonds. The third-order valence-electron chi connectivity index (χ3n) is 2.15. The Kier molecular flexibility index (Phi) is 2.03. The molecule has 6 nitrogen and oxygen atoms in total. The number of rotatable bonds is 2. The monoisotopic (exact) mass is 208 g/mol. The van der Waals surface area contributed by atoms with Crippen molar-refractivity contribution < 1.29 is 19.4 Å². The maximum atomic E-state index is 11.3. The summed E-state index contributed by atoms with van der Waals surface area (Å²) in [6.07, 6.45) is 0. The van der Waals surface area contributed by atoms with Crippen molar-refractivity contribution in [1.29, 1.82) is 0 Å². The quantitative estimate of drug-likeness (QED) is 0.678. The molecule has 1 atom stereocenters. The number of ether oxygens (including phenoxy) is 1. The van der Waals surface area contributed by atoms with E-state index in [-0.39, 0.29) is 11.6 Å². The summed E-state index contributed by atoms with van der Waals surface area (Å²) in [7, 11) is 1.43. The number of aliphatic carboxylic acids is 1. The number of methoxy groups -OCH3 is 1. The summed E-state index contributed by atoms with van der Waals surface area (Å²) in [6, 6.07) is 3.13. The standard InChI is InChI=1S/C9H8N2O4/c1-15-5-3-2-4-7(11-5)6(9(13)14)8(12)10-4/h2-3,6H,1H3,(H,10,12)(H,13,14)/t6-/m1/s1. The van der Waals surface area contributed by atoms with Crippen LogP contribution in [0, 0.1) is 0 Å². The van der Waals surface area contributed by atoms with E-state index in [1.54, 1.807) is 12.1 Å². The number of carboxylic acids is 1. The number of hydrogen-bond donors (Lipinski definition) is 2. The van der Waals surface area contributed by atoms with Gasteiger partial charge in [-0.15, -0.1) is 0 Å². The lowest BCUT2D eigenvalue weighted by molar-refractivity contribution is -0.141. The van der Waals surface area contributed by atoms with E-state index in [0.717, 1.165) is 0 Å². The van der Waals surface area contributed by atoms with Crippen molar-refractivity contribution in [2.45, 2.75) is 5.92 Å². The number of pyridine rings is 1. The summed E-state index contributed by atoms with van der Waals surface area (Å²) in [5.74, 6) is -2.74. The first-order valence-electron chi connectivity index (χ1n) is 4.22. The molecule has 0 unspecified atom stereocenters. The summed E-state index contributed by atoms with van der Waals surface area (Å²) in [4.78, 5) is 26.1. The largest absolute Gasteiger partial charge is 0.481 e. The van der Waals surface area contributed by atoms with Gasteiger partial charge in [-0.3, -0.25) is 9.59 Å². The number of fused-ring (bicyclic) bond motifs is 1. The molecule has 2 heterocycles. The number of nitrogens with one attached hydrogen (secondary N) is 1. The summed E-state index contributed by atoms with van der Waals surface area (Å²) in [5.41, 5.74) is 0.625. The zero-order valence-corrected chi connectivity index (χ0v) is 7.85. The molecule has 0 bridgehead atoms. The molecule has 2 rings (SSSR count). The Hall–Kier alpha value is -2.11.